The predicted octanol–water partition coefficient (Wildman–Crippen LogP) is 2.56. The van der Waals surface area contributed by atoms with E-state index in [1.165, 1.54) is 23.1 Å². The van der Waals surface area contributed by atoms with E-state index in [0.29, 0.717) is 18.5 Å². The summed E-state index contributed by atoms with van der Waals surface area (Å²) < 4.78 is 1.20. The molecule has 102 valence electrons. The number of nitrogens with zero attached hydrogens (tertiary/aromatic N) is 3. The van der Waals surface area contributed by atoms with Gasteiger partial charge in [-0.3, -0.25) is 0 Å². The fourth-order valence-electron chi connectivity index (χ4n) is 3.03. The zero-order valence-electron chi connectivity index (χ0n) is 11.5. The molecule has 19 heavy (non-hydrogen) atoms. The second kappa shape index (κ2) is 5.06. The number of fused-ring (bicyclic) bond motifs is 1. The van der Waals surface area contributed by atoms with Crippen LogP contribution in [0.2, 0.25) is 0 Å². The van der Waals surface area contributed by atoms with Crippen molar-refractivity contribution < 1.29 is 0 Å². The number of nitrogens with two attached hydrogens (primary N) is 1. The Labute approximate surface area is 117 Å². The second-order valence-electron chi connectivity index (χ2n) is 5.41. The first kappa shape index (κ1) is 12.8. The number of hydrogen-bond acceptors (Lipinski definition) is 5. The lowest BCUT2D eigenvalue weighted by atomic mass is 9.91. The number of aryl methyl sites for hydroxylation is 1. The number of anilines is 1. The lowest BCUT2D eigenvalue weighted by molar-refractivity contribution is 0.348. The van der Waals surface area contributed by atoms with Crippen molar-refractivity contribution in [2.75, 3.05) is 18.0 Å². The maximum atomic E-state index is 5.99. The van der Waals surface area contributed by atoms with Gasteiger partial charge in [0.1, 0.15) is 12.1 Å². The molecule has 2 atom stereocenters. The van der Waals surface area contributed by atoms with Gasteiger partial charge in [0, 0.05) is 19.1 Å². The molecular weight excluding hydrogens is 256 g/mol. The van der Waals surface area contributed by atoms with Gasteiger partial charge in [0.25, 0.3) is 0 Å². The summed E-state index contributed by atoms with van der Waals surface area (Å²) in [6.45, 7) is 6.14. The van der Waals surface area contributed by atoms with Gasteiger partial charge in [0.2, 0.25) is 0 Å². The molecular formula is C14H20N4S. The van der Waals surface area contributed by atoms with Crippen molar-refractivity contribution in [3.05, 3.63) is 17.3 Å². The second-order valence-corrected chi connectivity index (χ2v) is 6.29. The van der Waals surface area contributed by atoms with E-state index in [-0.39, 0.29) is 0 Å². The molecule has 2 unspecified atom stereocenters. The summed E-state index contributed by atoms with van der Waals surface area (Å²) in [5.41, 5.74) is 8.31. The lowest BCUT2D eigenvalue weighted by Crippen LogP contribution is -2.49. The van der Waals surface area contributed by atoms with Crippen molar-refractivity contribution >= 4 is 27.4 Å². The van der Waals surface area contributed by atoms with E-state index in [4.69, 9.17) is 5.73 Å². The molecule has 0 aromatic carbocycles. The Bertz CT molecular complexity index is 580. The smallest absolute Gasteiger partial charge is 0.150 e. The van der Waals surface area contributed by atoms with Gasteiger partial charge in [-0.15, -0.1) is 11.3 Å². The Balaban J connectivity index is 2.07. The SMILES string of the molecule is Cc1csc2c(N3CCCC(C)C3CN)ncnc12. The maximum Gasteiger partial charge on any atom is 0.150 e. The lowest BCUT2D eigenvalue weighted by Gasteiger charge is -2.40. The van der Waals surface area contributed by atoms with Crippen molar-refractivity contribution in [2.24, 2.45) is 11.7 Å². The molecule has 1 aliphatic heterocycles. The average molecular weight is 276 g/mol. The van der Waals surface area contributed by atoms with E-state index in [9.17, 15) is 0 Å². The first-order chi connectivity index (χ1) is 9.22. The van der Waals surface area contributed by atoms with E-state index in [1.807, 2.05) is 0 Å². The van der Waals surface area contributed by atoms with Crippen LogP contribution in [0.5, 0.6) is 0 Å². The Morgan fingerprint density at radius 3 is 3.11 bits per heavy atom. The third-order valence-corrected chi connectivity index (χ3v) is 5.22. The maximum absolute atomic E-state index is 5.99. The van der Waals surface area contributed by atoms with Crippen molar-refractivity contribution in [1.82, 2.24) is 9.97 Å². The van der Waals surface area contributed by atoms with Gasteiger partial charge in [-0.25, -0.2) is 9.97 Å². The molecule has 2 aromatic rings. The summed E-state index contributed by atoms with van der Waals surface area (Å²) in [7, 11) is 0. The predicted molar refractivity (Wildman–Crippen MR) is 80.7 cm³/mol. The van der Waals surface area contributed by atoms with Crippen molar-refractivity contribution in [1.29, 1.82) is 0 Å². The van der Waals surface area contributed by atoms with Crippen LogP contribution in [0.3, 0.4) is 0 Å². The van der Waals surface area contributed by atoms with E-state index in [0.717, 1.165) is 17.9 Å². The Kier molecular flexibility index (Phi) is 3.41. The minimum Gasteiger partial charge on any atom is -0.351 e. The highest BCUT2D eigenvalue weighted by Gasteiger charge is 2.29. The summed E-state index contributed by atoms with van der Waals surface area (Å²) in [6, 6.07) is 0.397. The van der Waals surface area contributed by atoms with Gasteiger partial charge >= 0.3 is 0 Å². The summed E-state index contributed by atoms with van der Waals surface area (Å²) in [5.74, 6) is 1.70. The molecule has 1 saturated heterocycles. The Morgan fingerprint density at radius 2 is 2.32 bits per heavy atom. The van der Waals surface area contributed by atoms with E-state index >= 15 is 0 Å². The van der Waals surface area contributed by atoms with Crippen LogP contribution in [0.25, 0.3) is 10.2 Å². The first-order valence-corrected chi connectivity index (χ1v) is 7.76. The van der Waals surface area contributed by atoms with Crippen LogP contribution in [0.15, 0.2) is 11.7 Å². The number of hydrogen-bond donors (Lipinski definition) is 1. The quantitative estimate of drug-likeness (QED) is 0.916. The molecule has 2 N–H and O–H groups in total. The van der Waals surface area contributed by atoms with Crippen molar-refractivity contribution in [3.8, 4) is 0 Å². The largest absolute Gasteiger partial charge is 0.351 e. The molecule has 0 amide bonds. The molecule has 0 spiro atoms. The highest BCUT2D eigenvalue weighted by molar-refractivity contribution is 7.18. The van der Waals surface area contributed by atoms with Gasteiger partial charge in [-0.05, 0) is 36.6 Å². The zero-order chi connectivity index (χ0) is 13.4. The third-order valence-electron chi connectivity index (χ3n) is 4.14. The van der Waals surface area contributed by atoms with Gasteiger partial charge in [-0.2, -0.15) is 0 Å². The highest BCUT2D eigenvalue weighted by Crippen LogP contribution is 2.35. The molecule has 2 aromatic heterocycles. The fourth-order valence-corrected chi connectivity index (χ4v) is 4.04. The van der Waals surface area contributed by atoms with Gasteiger partial charge in [0.15, 0.2) is 0 Å². The van der Waals surface area contributed by atoms with E-state index < -0.39 is 0 Å². The number of thiophene rings is 1. The Morgan fingerprint density at radius 1 is 1.47 bits per heavy atom. The van der Waals surface area contributed by atoms with Gasteiger partial charge in [0.05, 0.1) is 10.2 Å². The minimum atomic E-state index is 0.397. The molecule has 0 aliphatic carbocycles. The molecule has 3 heterocycles. The third kappa shape index (κ3) is 2.11. The monoisotopic (exact) mass is 276 g/mol. The molecule has 5 heteroatoms. The van der Waals surface area contributed by atoms with Crippen LogP contribution < -0.4 is 10.6 Å². The van der Waals surface area contributed by atoms with Crippen LogP contribution in [-0.4, -0.2) is 29.1 Å². The zero-order valence-corrected chi connectivity index (χ0v) is 12.3. The van der Waals surface area contributed by atoms with E-state index in [2.05, 4.69) is 34.1 Å². The van der Waals surface area contributed by atoms with Crippen LogP contribution in [-0.2, 0) is 0 Å². The summed E-state index contributed by atoms with van der Waals surface area (Å²) in [6.07, 6.45) is 4.16. The van der Waals surface area contributed by atoms with Gasteiger partial charge < -0.3 is 10.6 Å². The van der Waals surface area contributed by atoms with Crippen LogP contribution in [0.1, 0.15) is 25.3 Å². The van der Waals surface area contributed by atoms with E-state index in [1.54, 1.807) is 17.7 Å². The average Bonchev–Trinajstić information content (AvgIpc) is 2.80. The van der Waals surface area contributed by atoms with Gasteiger partial charge in [-0.1, -0.05) is 6.92 Å². The standard InChI is InChI=1S/C14H20N4S/c1-9-4-3-5-18(11(9)6-15)14-13-12(16-8-17-14)10(2)7-19-13/h7-9,11H,3-6,15H2,1-2H3. The van der Waals surface area contributed by atoms with Crippen LogP contribution >= 0.6 is 11.3 Å². The molecule has 1 fully saturated rings. The van der Waals surface area contributed by atoms with Crippen molar-refractivity contribution in [3.63, 3.8) is 0 Å². The first-order valence-electron chi connectivity index (χ1n) is 6.88. The molecule has 0 saturated carbocycles. The number of aromatic nitrogens is 2. The van der Waals surface area contributed by atoms with Crippen molar-refractivity contribution in [2.45, 2.75) is 32.7 Å². The highest BCUT2D eigenvalue weighted by atomic mass is 32.1. The molecule has 1 aliphatic rings. The van der Waals surface area contributed by atoms with Crippen LogP contribution in [0.4, 0.5) is 5.82 Å². The molecule has 4 nitrogen and oxygen atoms in total. The fraction of sp³-hybridized carbons (Fsp3) is 0.571. The minimum absolute atomic E-state index is 0.397. The molecule has 3 rings (SSSR count). The Hall–Kier alpha value is -1.20. The molecule has 0 radical (unpaired) electrons. The number of rotatable bonds is 2. The summed E-state index contributed by atoms with van der Waals surface area (Å²) >= 11 is 1.74. The number of piperidine rings is 1. The topological polar surface area (TPSA) is 55.0 Å². The molecule has 0 bridgehead atoms. The summed E-state index contributed by atoms with van der Waals surface area (Å²) in [4.78, 5) is 11.4. The normalized spacial score (nSPS) is 24.1. The van der Waals surface area contributed by atoms with Crippen LogP contribution in [0, 0.1) is 12.8 Å². The summed E-state index contributed by atoms with van der Waals surface area (Å²) in [5, 5.41) is 2.16.